The molecule has 1 unspecified atom stereocenters. The predicted octanol–water partition coefficient (Wildman–Crippen LogP) is 1.08. The highest BCUT2D eigenvalue weighted by Crippen LogP contribution is 2.32. The highest BCUT2D eigenvalue weighted by atomic mass is 16.3. The van der Waals surface area contributed by atoms with Crippen molar-refractivity contribution in [1.29, 1.82) is 0 Å². The molecule has 1 aliphatic heterocycles. The number of rotatable bonds is 3. The van der Waals surface area contributed by atoms with E-state index >= 15 is 0 Å². The maximum Gasteiger partial charge on any atom is 0.311 e. The summed E-state index contributed by atoms with van der Waals surface area (Å²) in [5.74, 6) is -1.17. The van der Waals surface area contributed by atoms with Crippen LogP contribution in [0.2, 0.25) is 0 Å². The van der Waals surface area contributed by atoms with Gasteiger partial charge in [-0.1, -0.05) is 18.2 Å². The lowest BCUT2D eigenvalue weighted by Crippen LogP contribution is -2.53. The van der Waals surface area contributed by atoms with Crippen molar-refractivity contribution in [3.63, 3.8) is 0 Å². The van der Waals surface area contributed by atoms with Crippen LogP contribution in [0.3, 0.4) is 0 Å². The summed E-state index contributed by atoms with van der Waals surface area (Å²) < 4.78 is 0. The molecular weight excluding hydrogens is 332 g/mol. The fourth-order valence-corrected chi connectivity index (χ4v) is 4.23. The summed E-state index contributed by atoms with van der Waals surface area (Å²) in [5.41, 5.74) is 2.90. The lowest BCUT2D eigenvalue weighted by molar-refractivity contribution is -0.149. The zero-order chi connectivity index (χ0) is 18.7. The number of carbonyl (C=O) groups is 2. The zero-order valence-corrected chi connectivity index (χ0v) is 15.3. The molecule has 1 aromatic rings. The molecule has 0 radical (unpaired) electrons. The number of aliphatic hydroxyl groups is 2. The number of hydrogen-bond donors (Lipinski definition) is 3. The van der Waals surface area contributed by atoms with Crippen molar-refractivity contribution >= 4 is 11.8 Å². The summed E-state index contributed by atoms with van der Waals surface area (Å²) in [6.45, 7) is 2.39. The van der Waals surface area contributed by atoms with Gasteiger partial charge in [-0.05, 0) is 55.7 Å². The molecule has 1 aliphatic carbocycles. The zero-order valence-electron chi connectivity index (χ0n) is 15.3. The summed E-state index contributed by atoms with van der Waals surface area (Å²) in [6.07, 6.45) is 4.14. The Balaban J connectivity index is 1.69. The van der Waals surface area contributed by atoms with Crippen molar-refractivity contribution in [3.8, 4) is 0 Å². The fraction of sp³-hybridized carbons (Fsp3) is 0.600. The largest absolute Gasteiger partial charge is 0.396 e. The highest BCUT2D eigenvalue weighted by molar-refractivity contribution is 6.35. The van der Waals surface area contributed by atoms with Gasteiger partial charge in [0.15, 0.2) is 0 Å². The molecule has 0 aromatic heterocycles. The molecule has 3 N–H and O–H groups in total. The van der Waals surface area contributed by atoms with Gasteiger partial charge in [-0.25, -0.2) is 0 Å². The normalized spacial score (nSPS) is 21.8. The van der Waals surface area contributed by atoms with Crippen molar-refractivity contribution < 1.29 is 19.8 Å². The smallest absolute Gasteiger partial charge is 0.311 e. The second-order valence-corrected chi connectivity index (χ2v) is 7.71. The summed E-state index contributed by atoms with van der Waals surface area (Å²) in [5, 5.41) is 22.1. The van der Waals surface area contributed by atoms with Gasteiger partial charge in [-0.2, -0.15) is 0 Å². The molecule has 0 saturated carbocycles. The number of hydrogen-bond acceptors (Lipinski definition) is 4. The third kappa shape index (κ3) is 3.62. The molecule has 2 aliphatic rings. The van der Waals surface area contributed by atoms with E-state index in [9.17, 15) is 19.8 Å². The van der Waals surface area contributed by atoms with Crippen molar-refractivity contribution in [2.45, 2.75) is 45.1 Å². The van der Waals surface area contributed by atoms with Crippen LogP contribution in [0.25, 0.3) is 0 Å². The van der Waals surface area contributed by atoms with Crippen LogP contribution >= 0.6 is 0 Å². The lowest BCUT2D eigenvalue weighted by atomic mass is 9.81. The van der Waals surface area contributed by atoms with Crippen molar-refractivity contribution in [2.75, 3.05) is 26.3 Å². The van der Waals surface area contributed by atoms with E-state index in [1.807, 2.05) is 12.1 Å². The van der Waals surface area contributed by atoms with Gasteiger partial charge in [-0.3, -0.25) is 9.59 Å². The van der Waals surface area contributed by atoms with E-state index in [0.29, 0.717) is 19.4 Å². The van der Waals surface area contributed by atoms with Crippen LogP contribution in [0.1, 0.15) is 48.4 Å². The minimum atomic E-state index is -0.706. The Labute approximate surface area is 154 Å². The van der Waals surface area contributed by atoms with Gasteiger partial charge in [0.05, 0.1) is 19.3 Å². The van der Waals surface area contributed by atoms with Crippen LogP contribution in [-0.4, -0.2) is 53.2 Å². The molecule has 0 bridgehead atoms. The fourth-order valence-electron chi connectivity index (χ4n) is 4.23. The van der Waals surface area contributed by atoms with Crippen LogP contribution in [0.15, 0.2) is 18.2 Å². The number of likely N-dealkylation sites (tertiary alicyclic amines) is 1. The average Bonchev–Trinajstić information content (AvgIpc) is 2.68. The quantitative estimate of drug-likeness (QED) is 0.704. The molecule has 26 heavy (non-hydrogen) atoms. The Morgan fingerprint density at radius 2 is 2.04 bits per heavy atom. The van der Waals surface area contributed by atoms with Crippen LogP contribution in [-0.2, 0) is 16.0 Å². The van der Waals surface area contributed by atoms with E-state index in [2.05, 4.69) is 18.3 Å². The van der Waals surface area contributed by atoms with E-state index in [-0.39, 0.29) is 25.8 Å². The SMILES string of the molecule is Cc1cccc2c1CCCC2NC(=O)C(=O)N1CCCC(CO)(CO)C1. The Morgan fingerprint density at radius 3 is 2.77 bits per heavy atom. The summed E-state index contributed by atoms with van der Waals surface area (Å²) in [4.78, 5) is 26.7. The first-order chi connectivity index (χ1) is 12.5. The molecule has 3 rings (SSSR count). The highest BCUT2D eigenvalue weighted by Gasteiger charge is 2.38. The second-order valence-electron chi connectivity index (χ2n) is 7.71. The van der Waals surface area contributed by atoms with Gasteiger partial charge in [-0.15, -0.1) is 0 Å². The molecule has 1 atom stereocenters. The van der Waals surface area contributed by atoms with Gasteiger partial charge < -0.3 is 20.4 Å². The number of aryl methyl sites for hydroxylation is 1. The van der Waals surface area contributed by atoms with E-state index in [1.54, 1.807) is 0 Å². The molecule has 2 amide bonds. The number of piperidine rings is 1. The van der Waals surface area contributed by atoms with Gasteiger partial charge in [0.2, 0.25) is 0 Å². The predicted molar refractivity (Wildman–Crippen MR) is 97.4 cm³/mol. The minimum absolute atomic E-state index is 0.139. The first-order valence-electron chi connectivity index (χ1n) is 9.39. The number of nitrogens with one attached hydrogen (secondary N) is 1. The molecule has 6 nitrogen and oxygen atoms in total. The van der Waals surface area contributed by atoms with Crippen LogP contribution in [0, 0.1) is 12.3 Å². The van der Waals surface area contributed by atoms with Crippen LogP contribution in [0.4, 0.5) is 0 Å². The number of fused-ring (bicyclic) bond motifs is 1. The maximum atomic E-state index is 12.6. The molecule has 1 aromatic carbocycles. The van der Waals surface area contributed by atoms with Gasteiger partial charge >= 0.3 is 11.8 Å². The maximum absolute atomic E-state index is 12.6. The monoisotopic (exact) mass is 360 g/mol. The molecule has 0 spiro atoms. The van der Waals surface area contributed by atoms with Crippen LogP contribution < -0.4 is 5.32 Å². The minimum Gasteiger partial charge on any atom is -0.396 e. The van der Waals surface area contributed by atoms with E-state index in [1.165, 1.54) is 16.0 Å². The average molecular weight is 360 g/mol. The van der Waals surface area contributed by atoms with Gasteiger partial charge in [0, 0.05) is 18.5 Å². The number of amides is 2. The standard InChI is InChI=1S/C20H28N2O4/c1-14-5-2-7-16-15(14)6-3-8-17(16)21-18(25)19(26)22-10-4-9-20(11-22,12-23)13-24/h2,5,7,17,23-24H,3-4,6,8-13H2,1H3,(H,21,25). The Bertz CT molecular complexity index is 684. The topological polar surface area (TPSA) is 89.9 Å². The number of benzene rings is 1. The van der Waals surface area contributed by atoms with Crippen molar-refractivity contribution in [3.05, 3.63) is 34.9 Å². The third-order valence-corrected chi connectivity index (χ3v) is 5.86. The summed E-state index contributed by atoms with van der Waals surface area (Å²) >= 11 is 0. The van der Waals surface area contributed by atoms with Gasteiger partial charge in [0.25, 0.3) is 0 Å². The molecule has 6 heteroatoms. The molecule has 1 saturated heterocycles. The van der Waals surface area contributed by atoms with Gasteiger partial charge in [0.1, 0.15) is 0 Å². The van der Waals surface area contributed by atoms with Crippen molar-refractivity contribution in [2.24, 2.45) is 5.41 Å². The molecule has 142 valence electrons. The number of nitrogens with zero attached hydrogens (tertiary/aromatic N) is 1. The Hall–Kier alpha value is -1.92. The first kappa shape index (κ1) is 18.9. The lowest BCUT2D eigenvalue weighted by Gasteiger charge is -2.40. The number of carbonyl (C=O) groups excluding carboxylic acids is 2. The first-order valence-corrected chi connectivity index (χ1v) is 9.39. The number of aliphatic hydroxyl groups excluding tert-OH is 2. The molecule has 1 fully saturated rings. The summed E-state index contributed by atoms with van der Waals surface area (Å²) in [7, 11) is 0. The van der Waals surface area contributed by atoms with E-state index in [0.717, 1.165) is 24.8 Å². The van der Waals surface area contributed by atoms with E-state index in [4.69, 9.17) is 0 Å². The molecular formula is C20H28N2O4. The second kappa shape index (κ2) is 7.76. The molecule has 1 heterocycles. The third-order valence-electron chi connectivity index (χ3n) is 5.86. The Morgan fingerprint density at radius 1 is 1.27 bits per heavy atom. The summed E-state index contributed by atoms with van der Waals surface area (Å²) in [6, 6.07) is 5.95. The van der Waals surface area contributed by atoms with Crippen molar-refractivity contribution in [1.82, 2.24) is 10.2 Å². The van der Waals surface area contributed by atoms with E-state index < -0.39 is 17.2 Å². The Kier molecular flexibility index (Phi) is 5.63. The van der Waals surface area contributed by atoms with Crippen LogP contribution in [0.5, 0.6) is 0 Å².